The molecule has 6 nitrogen and oxygen atoms in total. The van der Waals surface area contributed by atoms with Crippen molar-refractivity contribution in [1.29, 1.82) is 5.26 Å². The van der Waals surface area contributed by atoms with Crippen molar-refractivity contribution < 1.29 is 14.3 Å². The fraction of sp³-hybridized carbons (Fsp3) is 0.130. The van der Waals surface area contributed by atoms with Gasteiger partial charge in [-0.05, 0) is 31.2 Å². The molecule has 0 fully saturated rings. The van der Waals surface area contributed by atoms with Crippen molar-refractivity contribution in [3.05, 3.63) is 84.1 Å². The molecule has 0 bridgehead atoms. The highest BCUT2D eigenvalue weighted by Crippen LogP contribution is 2.19. The lowest BCUT2D eigenvalue weighted by molar-refractivity contribution is -0.121. The molecule has 0 atom stereocenters. The molecule has 0 saturated carbocycles. The predicted octanol–water partition coefficient (Wildman–Crippen LogP) is 3.77. The quantitative estimate of drug-likeness (QED) is 0.476. The number of nitriles is 1. The van der Waals surface area contributed by atoms with Crippen LogP contribution in [-0.4, -0.2) is 30.0 Å². The van der Waals surface area contributed by atoms with Gasteiger partial charge < -0.3 is 4.74 Å². The maximum atomic E-state index is 12.5. The van der Waals surface area contributed by atoms with Crippen LogP contribution in [0.4, 0.5) is 5.69 Å². The van der Waals surface area contributed by atoms with E-state index >= 15 is 0 Å². The molecule has 1 aromatic heterocycles. The van der Waals surface area contributed by atoms with E-state index in [0.29, 0.717) is 16.9 Å². The van der Waals surface area contributed by atoms with Crippen LogP contribution in [0.25, 0.3) is 11.3 Å². The summed E-state index contributed by atoms with van der Waals surface area (Å²) in [4.78, 5) is 30.7. The van der Waals surface area contributed by atoms with E-state index in [1.807, 2.05) is 42.5 Å². The van der Waals surface area contributed by atoms with E-state index < -0.39 is 18.5 Å². The summed E-state index contributed by atoms with van der Waals surface area (Å²) < 4.78 is 5.19. The number of para-hydroxylation sites is 1. The van der Waals surface area contributed by atoms with Crippen molar-refractivity contribution in [2.45, 2.75) is 6.92 Å². The van der Waals surface area contributed by atoms with Crippen LogP contribution in [0.1, 0.15) is 16.1 Å². The Bertz CT molecular complexity index is 1040. The summed E-state index contributed by atoms with van der Waals surface area (Å²) in [5.74, 6) is -1.11. The molecule has 144 valence electrons. The van der Waals surface area contributed by atoms with Gasteiger partial charge in [0.05, 0.1) is 23.0 Å². The smallest absolute Gasteiger partial charge is 0.340 e. The maximum absolute atomic E-state index is 12.5. The van der Waals surface area contributed by atoms with Crippen LogP contribution in [0.5, 0.6) is 0 Å². The normalized spacial score (nSPS) is 10.1. The number of hydrogen-bond donors (Lipinski definition) is 0. The fourth-order valence-corrected chi connectivity index (χ4v) is 2.83. The average Bonchev–Trinajstić information content (AvgIpc) is 2.76. The summed E-state index contributed by atoms with van der Waals surface area (Å²) in [7, 11) is 0. The van der Waals surface area contributed by atoms with E-state index in [1.165, 1.54) is 4.90 Å². The number of rotatable bonds is 6. The minimum Gasteiger partial charge on any atom is -0.452 e. The number of amides is 1. The second-order valence-electron chi connectivity index (χ2n) is 6.25. The average molecular weight is 385 g/mol. The highest BCUT2D eigenvalue weighted by atomic mass is 16.5. The van der Waals surface area contributed by atoms with E-state index in [-0.39, 0.29) is 6.54 Å². The molecule has 0 spiro atoms. The molecule has 0 radical (unpaired) electrons. The molecule has 1 heterocycles. The lowest BCUT2D eigenvalue weighted by Crippen LogP contribution is -2.35. The second kappa shape index (κ2) is 9.29. The number of aromatic nitrogens is 1. The first-order chi connectivity index (χ1) is 14.1. The minimum absolute atomic E-state index is 0.132. The Morgan fingerprint density at radius 2 is 1.66 bits per heavy atom. The number of aryl methyl sites for hydroxylation is 1. The standard InChI is InChI=1S/C23H19N3O3/c1-17-20(12-13-21(25-17)18-8-4-2-5-9-18)23(28)29-16-22(27)26(15-14-24)19-10-6-3-7-11-19/h2-13H,15-16H2,1H3. The van der Waals surface area contributed by atoms with Crippen molar-refractivity contribution in [2.24, 2.45) is 0 Å². The largest absolute Gasteiger partial charge is 0.452 e. The zero-order chi connectivity index (χ0) is 20.6. The molecule has 0 aliphatic heterocycles. The lowest BCUT2D eigenvalue weighted by Gasteiger charge is -2.19. The monoisotopic (exact) mass is 385 g/mol. The number of pyridine rings is 1. The Hall–Kier alpha value is -3.98. The van der Waals surface area contributed by atoms with Gasteiger partial charge >= 0.3 is 5.97 Å². The fourth-order valence-electron chi connectivity index (χ4n) is 2.83. The number of carbonyl (C=O) groups is 2. The summed E-state index contributed by atoms with van der Waals surface area (Å²) in [6, 6.07) is 23.7. The van der Waals surface area contributed by atoms with Gasteiger partial charge in [-0.2, -0.15) is 5.26 Å². The topological polar surface area (TPSA) is 83.3 Å². The summed E-state index contributed by atoms with van der Waals surface area (Å²) in [6.07, 6.45) is 0. The van der Waals surface area contributed by atoms with Crippen LogP contribution in [-0.2, 0) is 9.53 Å². The second-order valence-corrected chi connectivity index (χ2v) is 6.25. The molecule has 0 N–H and O–H groups in total. The Morgan fingerprint density at radius 3 is 2.28 bits per heavy atom. The van der Waals surface area contributed by atoms with Crippen molar-refractivity contribution in [2.75, 3.05) is 18.1 Å². The molecule has 0 aliphatic carbocycles. The molecule has 6 heteroatoms. The molecule has 3 rings (SSSR count). The number of nitrogens with zero attached hydrogens (tertiary/aromatic N) is 3. The predicted molar refractivity (Wildman–Crippen MR) is 109 cm³/mol. The van der Waals surface area contributed by atoms with Gasteiger partial charge in [-0.1, -0.05) is 48.5 Å². The molecule has 0 saturated heterocycles. The van der Waals surface area contributed by atoms with E-state index in [1.54, 1.807) is 43.3 Å². The molecule has 0 unspecified atom stereocenters. The lowest BCUT2D eigenvalue weighted by atomic mass is 10.1. The van der Waals surface area contributed by atoms with Crippen LogP contribution in [0.15, 0.2) is 72.8 Å². The van der Waals surface area contributed by atoms with Crippen LogP contribution in [0.3, 0.4) is 0 Å². The number of ether oxygens (including phenoxy) is 1. The molecule has 0 aliphatic rings. The van der Waals surface area contributed by atoms with Gasteiger partial charge in [-0.25, -0.2) is 4.79 Å². The number of esters is 1. The minimum atomic E-state index is -0.632. The molecular weight excluding hydrogens is 366 g/mol. The third-order valence-corrected chi connectivity index (χ3v) is 4.30. The number of carbonyl (C=O) groups excluding carboxylic acids is 2. The highest BCUT2D eigenvalue weighted by Gasteiger charge is 2.19. The molecule has 1 amide bonds. The van der Waals surface area contributed by atoms with Gasteiger partial charge in [0, 0.05) is 11.3 Å². The number of benzene rings is 2. The van der Waals surface area contributed by atoms with Crippen LogP contribution >= 0.6 is 0 Å². The summed E-state index contributed by atoms with van der Waals surface area (Å²) in [5.41, 5.74) is 3.07. The highest BCUT2D eigenvalue weighted by molar-refractivity contribution is 5.97. The van der Waals surface area contributed by atoms with E-state index in [2.05, 4.69) is 4.98 Å². The maximum Gasteiger partial charge on any atom is 0.340 e. The van der Waals surface area contributed by atoms with Crippen LogP contribution in [0, 0.1) is 18.3 Å². The van der Waals surface area contributed by atoms with Crippen molar-refractivity contribution >= 4 is 17.6 Å². The molecule has 29 heavy (non-hydrogen) atoms. The molecule has 2 aromatic carbocycles. The third kappa shape index (κ3) is 4.85. The molecule has 3 aromatic rings. The summed E-state index contributed by atoms with van der Waals surface area (Å²) in [5, 5.41) is 9.00. The van der Waals surface area contributed by atoms with E-state index in [0.717, 1.165) is 11.3 Å². The van der Waals surface area contributed by atoms with Crippen LogP contribution < -0.4 is 4.90 Å². The Kier molecular flexibility index (Phi) is 6.33. The Balaban J connectivity index is 1.68. The first-order valence-electron chi connectivity index (χ1n) is 9.02. The van der Waals surface area contributed by atoms with Gasteiger partial charge in [-0.3, -0.25) is 14.7 Å². The van der Waals surface area contributed by atoms with Crippen LogP contribution in [0.2, 0.25) is 0 Å². The van der Waals surface area contributed by atoms with E-state index in [4.69, 9.17) is 10.00 Å². The van der Waals surface area contributed by atoms with Gasteiger partial charge in [-0.15, -0.1) is 0 Å². The van der Waals surface area contributed by atoms with Gasteiger partial charge in [0.1, 0.15) is 6.54 Å². The van der Waals surface area contributed by atoms with E-state index in [9.17, 15) is 9.59 Å². The first kappa shape index (κ1) is 19.8. The zero-order valence-corrected chi connectivity index (χ0v) is 15.9. The van der Waals surface area contributed by atoms with Crippen molar-refractivity contribution in [3.63, 3.8) is 0 Å². The van der Waals surface area contributed by atoms with Gasteiger partial charge in [0.25, 0.3) is 5.91 Å². The Morgan fingerprint density at radius 1 is 1.00 bits per heavy atom. The van der Waals surface area contributed by atoms with Crippen molar-refractivity contribution in [1.82, 2.24) is 4.98 Å². The SMILES string of the molecule is Cc1nc(-c2ccccc2)ccc1C(=O)OCC(=O)N(CC#N)c1ccccc1. The number of anilines is 1. The summed E-state index contributed by atoms with van der Waals surface area (Å²) >= 11 is 0. The summed E-state index contributed by atoms with van der Waals surface area (Å²) in [6.45, 7) is 1.12. The van der Waals surface area contributed by atoms with Gasteiger partial charge in [0.15, 0.2) is 6.61 Å². The zero-order valence-electron chi connectivity index (χ0n) is 15.9. The van der Waals surface area contributed by atoms with Gasteiger partial charge in [0.2, 0.25) is 0 Å². The third-order valence-electron chi connectivity index (χ3n) is 4.30. The Labute approximate surface area is 169 Å². The number of hydrogen-bond acceptors (Lipinski definition) is 5. The first-order valence-corrected chi connectivity index (χ1v) is 9.02. The van der Waals surface area contributed by atoms with Crippen molar-refractivity contribution in [3.8, 4) is 17.3 Å². The molecular formula is C23H19N3O3.